The highest BCUT2D eigenvalue weighted by Gasteiger charge is 2.14. The summed E-state index contributed by atoms with van der Waals surface area (Å²) < 4.78 is 15.4. The Bertz CT molecular complexity index is 849. The van der Waals surface area contributed by atoms with E-state index in [9.17, 15) is 9.59 Å². The molecule has 0 fully saturated rings. The average molecular weight is 385 g/mol. The Kier molecular flexibility index (Phi) is 7.27. The van der Waals surface area contributed by atoms with E-state index in [2.05, 4.69) is 22.7 Å². The van der Waals surface area contributed by atoms with E-state index >= 15 is 0 Å². The number of hydrazine groups is 1. The van der Waals surface area contributed by atoms with Crippen LogP contribution >= 0.6 is 0 Å². The predicted octanol–water partition coefficient (Wildman–Crippen LogP) is 2.49. The number of methoxy groups -OCH3 is 3. The first-order valence-electron chi connectivity index (χ1n) is 8.37. The van der Waals surface area contributed by atoms with Crippen LogP contribution in [0.1, 0.15) is 16.8 Å². The molecule has 8 heteroatoms. The third kappa shape index (κ3) is 5.66. The first kappa shape index (κ1) is 20.6. The molecule has 3 N–H and O–H groups in total. The van der Waals surface area contributed by atoms with Crippen LogP contribution in [0, 0.1) is 0 Å². The van der Waals surface area contributed by atoms with Crippen LogP contribution in [0.2, 0.25) is 0 Å². The Labute approximate surface area is 163 Å². The van der Waals surface area contributed by atoms with E-state index in [1.54, 1.807) is 49.6 Å². The van der Waals surface area contributed by atoms with E-state index in [4.69, 9.17) is 14.2 Å². The van der Waals surface area contributed by atoms with Gasteiger partial charge in [0.05, 0.1) is 33.3 Å². The van der Waals surface area contributed by atoms with Crippen molar-refractivity contribution in [3.63, 3.8) is 0 Å². The van der Waals surface area contributed by atoms with Crippen molar-refractivity contribution in [2.24, 2.45) is 0 Å². The van der Waals surface area contributed by atoms with Gasteiger partial charge in [-0.2, -0.15) is 0 Å². The Morgan fingerprint density at radius 2 is 1.54 bits per heavy atom. The summed E-state index contributed by atoms with van der Waals surface area (Å²) in [5.74, 6) is 0.915. The number of benzene rings is 2. The van der Waals surface area contributed by atoms with Crippen LogP contribution in [0.5, 0.6) is 17.2 Å². The van der Waals surface area contributed by atoms with Gasteiger partial charge in [-0.1, -0.05) is 6.58 Å². The van der Waals surface area contributed by atoms with E-state index in [0.717, 1.165) is 0 Å². The quantitative estimate of drug-likeness (QED) is 0.574. The van der Waals surface area contributed by atoms with Crippen LogP contribution in [0.4, 0.5) is 5.69 Å². The van der Waals surface area contributed by atoms with Crippen molar-refractivity contribution < 1.29 is 23.8 Å². The van der Waals surface area contributed by atoms with E-state index < -0.39 is 5.91 Å². The molecule has 0 atom stereocenters. The molecule has 2 amide bonds. The first-order valence-corrected chi connectivity index (χ1v) is 8.37. The highest BCUT2D eigenvalue weighted by Crippen LogP contribution is 2.24. The van der Waals surface area contributed by atoms with Gasteiger partial charge in [-0.15, -0.1) is 0 Å². The van der Waals surface area contributed by atoms with Crippen molar-refractivity contribution in [3.05, 3.63) is 60.3 Å². The smallest absolute Gasteiger partial charge is 0.273 e. The Morgan fingerprint density at radius 1 is 0.893 bits per heavy atom. The second-order valence-corrected chi connectivity index (χ2v) is 5.70. The van der Waals surface area contributed by atoms with Gasteiger partial charge in [-0.25, -0.2) is 0 Å². The van der Waals surface area contributed by atoms with E-state index in [-0.39, 0.29) is 12.3 Å². The molecule has 0 radical (unpaired) electrons. The van der Waals surface area contributed by atoms with Crippen LogP contribution in [-0.2, 0) is 4.79 Å². The molecule has 0 spiro atoms. The summed E-state index contributed by atoms with van der Waals surface area (Å²) in [6, 6.07) is 11.8. The monoisotopic (exact) mass is 385 g/mol. The topological polar surface area (TPSA) is 97.9 Å². The van der Waals surface area contributed by atoms with E-state index in [1.165, 1.54) is 14.2 Å². The molecule has 2 aromatic rings. The Hall–Kier alpha value is -3.68. The molecule has 0 saturated carbocycles. The molecule has 28 heavy (non-hydrogen) atoms. The lowest BCUT2D eigenvalue weighted by Crippen LogP contribution is -2.37. The van der Waals surface area contributed by atoms with Crippen LogP contribution in [0.15, 0.2) is 54.7 Å². The molecule has 0 aliphatic rings. The number of anilines is 1. The number of amides is 2. The fraction of sp³-hybridized carbons (Fsp3) is 0.200. The second kappa shape index (κ2) is 9.86. The van der Waals surface area contributed by atoms with Gasteiger partial charge in [0, 0.05) is 17.5 Å². The van der Waals surface area contributed by atoms with Crippen molar-refractivity contribution in [1.29, 1.82) is 0 Å². The van der Waals surface area contributed by atoms with Crippen LogP contribution in [-0.4, -0.2) is 33.1 Å². The molecule has 0 heterocycles. The highest BCUT2D eigenvalue weighted by molar-refractivity contribution is 5.97. The molecule has 148 valence electrons. The number of ether oxygens (including phenoxy) is 3. The zero-order valence-electron chi connectivity index (χ0n) is 16.0. The van der Waals surface area contributed by atoms with Crippen LogP contribution in [0.25, 0.3) is 0 Å². The van der Waals surface area contributed by atoms with Crippen LogP contribution < -0.4 is 30.4 Å². The molecule has 0 aliphatic heterocycles. The molecular formula is C20H23N3O5. The number of hydrogen-bond donors (Lipinski definition) is 3. The van der Waals surface area contributed by atoms with Crippen molar-refractivity contribution in [2.45, 2.75) is 6.42 Å². The standard InChI is InChI=1S/C20H23N3O5/c1-13(11-19(24)21-14-5-7-15(26-2)8-6-14)22-23-20(25)17-10-9-16(27-3)12-18(17)28-4/h5-10,12,22H,1,11H2,2-4H3,(H,21,24)(H,23,25). The molecule has 0 bridgehead atoms. The van der Waals surface area contributed by atoms with Gasteiger partial charge in [0.15, 0.2) is 0 Å². The summed E-state index contributed by atoms with van der Waals surface area (Å²) in [5, 5.41) is 2.73. The van der Waals surface area contributed by atoms with Crippen molar-refractivity contribution in [1.82, 2.24) is 10.9 Å². The number of nitrogens with one attached hydrogen (secondary N) is 3. The minimum absolute atomic E-state index is 0.0218. The summed E-state index contributed by atoms with van der Waals surface area (Å²) >= 11 is 0. The molecule has 8 nitrogen and oxygen atoms in total. The summed E-state index contributed by atoms with van der Waals surface area (Å²) in [5.41, 5.74) is 6.39. The number of carbonyl (C=O) groups is 2. The zero-order valence-corrected chi connectivity index (χ0v) is 16.0. The fourth-order valence-electron chi connectivity index (χ4n) is 2.32. The molecule has 0 aromatic heterocycles. The Balaban J connectivity index is 1.85. The molecule has 0 unspecified atom stereocenters. The van der Waals surface area contributed by atoms with Gasteiger partial charge in [0.25, 0.3) is 5.91 Å². The maximum atomic E-state index is 12.3. The summed E-state index contributed by atoms with van der Waals surface area (Å²) in [7, 11) is 4.55. The van der Waals surface area contributed by atoms with Gasteiger partial charge in [-0.3, -0.25) is 15.0 Å². The zero-order chi connectivity index (χ0) is 20.5. The summed E-state index contributed by atoms with van der Waals surface area (Å²) in [6.45, 7) is 3.74. The van der Waals surface area contributed by atoms with Gasteiger partial charge < -0.3 is 25.0 Å². The molecular weight excluding hydrogens is 362 g/mol. The molecule has 2 rings (SSSR count). The SMILES string of the molecule is C=C(CC(=O)Nc1ccc(OC)cc1)NNC(=O)c1ccc(OC)cc1OC. The minimum Gasteiger partial charge on any atom is -0.497 e. The van der Waals surface area contributed by atoms with E-state index in [0.29, 0.717) is 34.2 Å². The minimum atomic E-state index is -0.434. The third-order valence-corrected chi connectivity index (χ3v) is 3.75. The van der Waals surface area contributed by atoms with Gasteiger partial charge in [-0.05, 0) is 36.4 Å². The second-order valence-electron chi connectivity index (χ2n) is 5.70. The maximum Gasteiger partial charge on any atom is 0.273 e. The maximum absolute atomic E-state index is 12.3. The highest BCUT2D eigenvalue weighted by atomic mass is 16.5. The fourth-order valence-corrected chi connectivity index (χ4v) is 2.32. The lowest BCUT2D eigenvalue weighted by molar-refractivity contribution is -0.115. The van der Waals surface area contributed by atoms with Crippen molar-refractivity contribution in [2.75, 3.05) is 26.6 Å². The van der Waals surface area contributed by atoms with Gasteiger partial charge in [0.1, 0.15) is 17.2 Å². The lowest BCUT2D eigenvalue weighted by atomic mass is 10.2. The number of rotatable bonds is 9. The molecule has 0 saturated heterocycles. The van der Waals surface area contributed by atoms with E-state index in [1.807, 2.05) is 0 Å². The average Bonchev–Trinajstić information content (AvgIpc) is 2.71. The molecule has 0 aliphatic carbocycles. The van der Waals surface area contributed by atoms with Gasteiger partial charge in [0.2, 0.25) is 5.91 Å². The number of hydrogen-bond acceptors (Lipinski definition) is 6. The predicted molar refractivity (Wildman–Crippen MR) is 106 cm³/mol. The lowest BCUT2D eigenvalue weighted by Gasteiger charge is -2.13. The van der Waals surface area contributed by atoms with Crippen LogP contribution in [0.3, 0.4) is 0 Å². The van der Waals surface area contributed by atoms with Crippen molar-refractivity contribution >= 4 is 17.5 Å². The third-order valence-electron chi connectivity index (χ3n) is 3.75. The first-order chi connectivity index (χ1) is 13.5. The Morgan fingerprint density at radius 3 is 2.14 bits per heavy atom. The number of carbonyl (C=O) groups excluding carboxylic acids is 2. The normalized spacial score (nSPS) is 9.82. The summed E-state index contributed by atoms with van der Waals surface area (Å²) in [4.78, 5) is 24.4. The van der Waals surface area contributed by atoms with Gasteiger partial charge >= 0.3 is 0 Å². The molecule has 2 aromatic carbocycles. The largest absolute Gasteiger partial charge is 0.497 e. The summed E-state index contributed by atoms with van der Waals surface area (Å²) in [6.07, 6.45) is -0.0218. The van der Waals surface area contributed by atoms with Crippen molar-refractivity contribution in [3.8, 4) is 17.2 Å².